The number of sulfone groups is 1. The number of aliphatic carboxylic acids is 1. The van der Waals surface area contributed by atoms with Gasteiger partial charge < -0.3 is 19.4 Å². The zero-order valence-electron chi connectivity index (χ0n) is 16.6. The second-order valence-electron chi connectivity index (χ2n) is 7.02. The summed E-state index contributed by atoms with van der Waals surface area (Å²) < 4.78 is 35.2. The van der Waals surface area contributed by atoms with Gasteiger partial charge in [-0.1, -0.05) is 6.58 Å². The molecule has 2 rings (SSSR count). The average Bonchev–Trinajstić information content (AvgIpc) is 2.51. The molecule has 29 heavy (non-hydrogen) atoms. The van der Waals surface area contributed by atoms with Crippen molar-refractivity contribution in [3.63, 3.8) is 0 Å². The van der Waals surface area contributed by atoms with Crippen LogP contribution in [-0.2, 0) is 38.5 Å². The Kier molecular flexibility index (Phi) is 7.29. The second kappa shape index (κ2) is 8.42. The van der Waals surface area contributed by atoms with E-state index in [1.165, 1.54) is 0 Å². The number of carbonyl (C=O) groups excluding carboxylic acids is 4. The summed E-state index contributed by atoms with van der Waals surface area (Å²) in [5.41, 5.74) is -2.60. The quantitative estimate of drug-likeness (QED) is 0.186. The smallest absolute Gasteiger partial charge is 0.543 e. The molecular weight excluding hydrogens is 417 g/mol. The Bertz CT molecular complexity index is 969. The normalized spacial score (nSPS) is 21.7. The fourth-order valence-corrected chi connectivity index (χ4v) is 4.42. The van der Waals surface area contributed by atoms with Gasteiger partial charge in [-0.2, -0.15) is 0 Å². The number of amides is 1. The van der Waals surface area contributed by atoms with E-state index in [4.69, 9.17) is 4.74 Å². The molecule has 1 saturated heterocycles. The third-order valence-corrected chi connectivity index (χ3v) is 5.75. The largest absolute Gasteiger partial charge is 1.00 e. The third-order valence-electron chi connectivity index (χ3n) is 3.76. The van der Waals surface area contributed by atoms with Crippen LogP contribution in [-0.4, -0.2) is 54.7 Å². The number of hydrogen-bond acceptors (Lipinski definition) is 9. The van der Waals surface area contributed by atoms with Crippen LogP contribution >= 0.6 is 0 Å². The van der Waals surface area contributed by atoms with E-state index in [2.05, 4.69) is 11.3 Å². The molecule has 0 aromatic rings. The monoisotopic (exact) mass is 435 g/mol. The van der Waals surface area contributed by atoms with E-state index < -0.39 is 73.0 Å². The van der Waals surface area contributed by atoms with E-state index in [1.54, 1.807) is 20.8 Å². The minimum absolute atomic E-state index is 0. The van der Waals surface area contributed by atoms with Gasteiger partial charge in [-0.3, -0.25) is 14.5 Å². The van der Waals surface area contributed by atoms with E-state index >= 15 is 0 Å². The Hall–Kier alpha value is -1.95. The maximum absolute atomic E-state index is 12.7. The standard InChI is InChI=1S/C17H19NO9S.Na/c1-8-11(7-26-9(2)19)13(16(22)23)18-14(21)10(15(18)28(8,24)25)6-12(20)27-17(3,4)5;/h6,15H,1,7H2,2-5H3,(H,22,23);/q;+1/p-1/b10-6-;. The topological polar surface area (TPSA) is 147 Å². The molecule has 2 aliphatic rings. The fraction of sp³-hybridized carbons (Fsp3) is 0.412. The summed E-state index contributed by atoms with van der Waals surface area (Å²) in [6, 6.07) is 0. The summed E-state index contributed by atoms with van der Waals surface area (Å²) in [5, 5.41) is 9.81. The first kappa shape index (κ1) is 25.1. The van der Waals surface area contributed by atoms with Crippen molar-refractivity contribution in [3.05, 3.63) is 34.4 Å². The number of carboxylic acids is 1. The zero-order valence-corrected chi connectivity index (χ0v) is 19.4. The molecule has 2 heterocycles. The van der Waals surface area contributed by atoms with Crippen LogP contribution < -0.4 is 34.7 Å². The van der Waals surface area contributed by atoms with E-state index in [1.807, 2.05) is 0 Å². The molecule has 12 heteroatoms. The van der Waals surface area contributed by atoms with Crippen LogP contribution in [0.15, 0.2) is 34.4 Å². The fourth-order valence-electron chi connectivity index (χ4n) is 2.67. The van der Waals surface area contributed by atoms with Crippen LogP contribution in [0.3, 0.4) is 0 Å². The van der Waals surface area contributed by atoms with Crippen LogP contribution in [0.4, 0.5) is 0 Å². The molecular formula is C17H18NNaO9S. The molecule has 0 aromatic heterocycles. The zero-order chi connectivity index (χ0) is 21.6. The first-order chi connectivity index (χ1) is 12.7. The molecule has 1 fully saturated rings. The van der Waals surface area contributed by atoms with Crippen molar-refractivity contribution < 1.29 is 71.7 Å². The molecule has 1 atom stereocenters. The first-order valence-electron chi connectivity index (χ1n) is 7.97. The SMILES string of the molecule is C=C1C(COC(C)=O)=C(C(=O)[O-])N2C(=O)/C(=C/C(=O)OC(C)(C)C)C2S1(=O)=O.[Na+]. The van der Waals surface area contributed by atoms with Crippen molar-refractivity contribution in [1.82, 2.24) is 4.90 Å². The van der Waals surface area contributed by atoms with Crippen molar-refractivity contribution in [2.75, 3.05) is 6.61 Å². The summed E-state index contributed by atoms with van der Waals surface area (Å²) in [6.07, 6.45) is 0.712. The van der Waals surface area contributed by atoms with Gasteiger partial charge in [0, 0.05) is 18.6 Å². The number of β-lactam (4-membered cyclic amide) rings is 1. The van der Waals surface area contributed by atoms with Gasteiger partial charge in [0.1, 0.15) is 12.2 Å². The number of esters is 2. The van der Waals surface area contributed by atoms with Crippen LogP contribution in [0.1, 0.15) is 27.7 Å². The maximum atomic E-state index is 12.7. The van der Waals surface area contributed by atoms with Crippen molar-refractivity contribution in [2.24, 2.45) is 0 Å². The Morgan fingerprint density at radius 2 is 1.83 bits per heavy atom. The molecule has 0 N–H and O–H groups in total. The molecule has 152 valence electrons. The molecule has 10 nitrogen and oxygen atoms in total. The average molecular weight is 435 g/mol. The molecule has 0 spiro atoms. The number of fused-ring (bicyclic) bond motifs is 1. The van der Waals surface area contributed by atoms with E-state index in [0.717, 1.165) is 6.92 Å². The van der Waals surface area contributed by atoms with Gasteiger partial charge in [-0.25, -0.2) is 13.2 Å². The van der Waals surface area contributed by atoms with Gasteiger partial charge in [0.25, 0.3) is 5.91 Å². The van der Waals surface area contributed by atoms with Gasteiger partial charge in [0.2, 0.25) is 9.84 Å². The molecule has 1 amide bonds. The van der Waals surface area contributed by atoms with E-state index in [0.29, 0.717) is 11.0 Å². The van der Waals surface area contributed by atoms with Gasteiger partial charge in [0.15, 0.2) is 5.37 Å². The molecule has 2 aliphatic heterocycles. The number of ether oxygens (including phenoxy) is 2. The number of rotatable bonds is 4. The van der Waals surface area contributed by atoms with Crippen LogP contribution in [0.25, 0.3) is 0 Å². The minimum Gasteiger partial charge on any atom is -0.543 e. The molecule has 0 radical (unpaired) electrons. The predicted molar refractivity (Wildman–Crippen MR) is 91.3 cm³/mol. The van der Waals surface area contributed by atoms with Gasteiger partial charge >= 0.3 is 41.5 Å². The summed E-state index contributed by atoms with van der Waals surface area (Å²) in [7, 11) is -4.34. The van der Waals surface area contributed by atoms with Crippen LogP contribution in [0.2, 0.25) is 0 Å². The molecule has 0 aromatic carbocycles. The van der Waals surface area contributed by atoms with E-state index in [9.17, 15) is 32.7 Å². The van der Waals surface area contributed by atoms with Crippen molar-refractivity contribution in [2.45, 2.75) is 38.7 Å². The van der Waals surface area contributed by atoms with Crippen molar-refractivity contribution in [3.8, 4) is 0 Å². The van der Waals surface area contributed by atoms with Gasteiger partial charge in [-0.05, 0) is 20.8 Å². The Morgan fingerprint density at radius 1 is 1.28 bits per heavy atom. The Labute approximate surface area is 189 Å². The predicted octanol–water partition coefficient (Wildman–Crippen LogP) is -4.06. The van der Waals surface area contributed by atoms with Crippen molar-refractivity contribution in [1.29, 1.82) is 0 Å². The molecule has 0 bridgehead atoms. The summed E-state index contributed by atoms with van der Waals surface area (Å²) in [4.78, 5) is 46.8. The Morgan fingerprint density at radius 3 is 2.28 bits per heavy atom. The first-order valence-corrected chi connectivity index (χ1v) is 9.52. The van der Waals surface area contributed by atoms with Gasteiger partial charge in [0.05, 0.1) is 22.1 Å². The van der Waals surface area contributed by atoms with Gasteiger partial charge in [-0.15, -0.1) is 0 Å². The number of carboxylic acid groups (broad SMARTS) is 1. The second-order valence-corrected chi connectivity index (χ2v) is 9.05. The summed E-state index contributed by atoms with van der Waals surface area (Å²) >= 11 is 0. The molecule has 0 aliphatic carbocycles. The Balaban J connectivity index is 0.00000420. The van der Waals surface area contributed by atoms with Crippen molar-refractivity contribution >= 4 is 33.7 Å². The minimum atomic E-state index is -4.34. The third kappa shape index (κ3) is 4.80. The number of nitrogens with zero attached hydrogens (tertiary/aromatic N) is 1. The maximum Gasteiger partial charge on any atom is 1.00 e. The van der Waals surface area contributed by atoms with Crippen LogP contribution in [0.5, 0.6) is 0 Å². The molecule has 1 unspecified atom stereocenters. The van der Waals surface area contributed by atoms with Crippen LogP contribution in [0, 0.1) is 0 Å². The summed E-state index contributed by atoms with van der Waals surface area (Å²) in [5.74, 6) is -4.63. The summed E-state index contributed by atoms with van der Waals surface area (Å²) in [6.45, 7) is 8.42. The number of hydrogen-bond donors (Lipinski definition) is 0. The van der Waals surface area contributed by atoms with E-state index in [-0.39, 0.29) is 29.6 Å². The molecule has 0 saturated carbocycles. The number of carbonyl (C=O) groups is 4.